The maximum Gasteiger partial charge on any atom is 0.325 e. The van der Waals surface area contributed by atoms with Gasteiger partial charge in [-0.25, -0.2) is 4.79 Å². The Morgan fingerprint density at radius 1 is 1.18 bits per heavy atom. The van der Waals surface area contributed by atoms with Gasteiger partial charge in [-0.05, 0) is 31.2 Å². The van der Waals surface area contributed by atoms with E-state index in [1.54, 1.807) is 31.2 Å². The maximum atomic E-state index is 11.0. The van der Waals surface area contributed by atoms with E-state index in [2.05, 4.69) is 16.0 Å². The van der Waals surface area contributed by atoms with Crippen molar-refractivity contribution in [2.45, 2.75) is 13.0 Å². The summed E-state index contributed by atoms with van der Waals surface area (Å²) in [5, 5.41) is 16.6. The Morgan fingerprint density at radius 3 is 2.18 bits per heavy atom. The van der Waals surface area contributed by atoms with Crippen molar-refractivity contribution in [1.82, 2.24) is 5.32 Å². The van der Waals surface area contributed by atoms with Gasteiger partial charge >= 0.3 is 12.0 Å². The molecule has 6 heteroatoms. The van der Waals surface area contributed by atoms with E-state index in [9.17, 15) is 9.59 Å². The van der Waals surface area contributed by atoms with Gasteiger partial charge in [0, 0.05) is 18.4 Å². The lowest BCUT2D eigenvalue weighted by Gasteiger charge is -2.11. The fraction of sp³-hybridized carbons (Fsp3) is 0.273. The number of urea groups is 1. The standard InChI is InChI=1S/C11H15N3O3/c1-7(10(15)16)13-8-3-5-9(6-4-8)14-11(17)12-2/h3-7,13H,1-2H3,(H,15,16)(H2,12,14,17). The van der Waals surface area contributed by atoms with Crippen molar-refractivity contribution < 1.29 is 14.7 Å². The number of rotatable bonds is 4. The molecule has 0 fully saturated rings. The van der Waals surface area contributed by atoms with Crippen molar-refractivity contribution in [2.75, 3.05) is 17.7 Å². The van der Waals surface area contributed by atoms with Gasteiger partial charge in [-0.15, -0.1) is 0 Å². The molecule has 1 rings (SSSR count). The zero-order valence-corrected chi connectivity index (χ0v) is 9.65. The molecule has 92 valence electrons. The molecule has 1 atom stereocenters. The van der Waals surface area contributed by atoms with Crippen molar-refractivity contribution in [3.63, 3.8) is 0 Å². The van der Waals surface area contributed by atoms with Crippen molar-refractivity contribution in [3.05, 3.63) is 24.3 Å². The summed E-state index contributed by atoms with van der Waals surface area (Å²) in [6.07, 6.45) is 0. The first-order chi connectivity index (χ1) is 8.02. The minimum Gasteiger partial charge on any atom is -0.480 e. The molecule has 0 heterocycles. The summed E-state index contributed by atoms with van der Waals surface area (Å²) < 4.78 is 0. The molecular weight excluding hydrogens is 222 g/mol. The third kappa shape index (κ3) is 4.02. The molecule has 0 aliphatic rings. The Kier molecular flexibility index (Phi) is 4.33. The van der Waals surface area contributed by atoms with Gasteiger partial charge in [-0.1, -0.05) is 0 Å². The zero-order valence-electron chi connectivity index (χ0n) is 9.65. The van der Waals surface area contributed by atoms with Crippen molar-refractivity contribution in [1.29, 1.82) is 0 Å². The summed E-state index contributed by atoms with van der Waals surface area (Å²) in [7, 11) is 1.53. The van der Waals surface area contributed by atoms with Crippen LogP contribution in [0, 0.1) is 0 Å². The second-order valence-corrected chi connectivity index (χ2v) is 3.49. The number of hydrogen-bond donors (Lipinski definition) is 4. The predicted octanol–water partition coefficient (Wildman–Crippen LogP) is 1.32. The van der Waals surface area contributed by atoms with Crippen LogP contribution in [0.15, 0.2) is 24.3 Å². The lowest BCUT2D eigenvalue weighted by atomic mass is 10.2. The minimum atomic E-state index is -0.919. The van der Waals surface area contributed by atoms with Crippen molar-refractivity contribution in [3.8, 4) is 0 Å². The van der Waals surface area contributed by atoms with Crippen LogP contribution in [-0.2, 0) is 4.79 Å². The van der Waals surface area contributed by atoms with E-state index in [1.807, 2.05) is 0 Å². The fourth-order valence-corrected chi connectivity index (χ4v) is 1.16. The first-order valence-electron chi connectivity index (χ1n) is 5.11. The van der Waals surface area contributed by atoms with Crippen LogP contribution >= 0.6 is 0 Å². The van der Waals surface area contributed by atoms with Crippen LogP contribution in [0.25, 0.3) is 0 Å². The lowest BCUT2D eigenvalue weighted by Crippen LogP contribution is -2.25. The molecule has 6 nitrogen and oxygen atoms in total. The second kappa shape index (κ2) is 5.74. The fourth-order valence-electron chi connectivity index (χ4n) is 1.16. The van der Waals surface area contributed by atoms with Crippen LogP contribution in [0.4, 0.5) is 16.2 Å². The number of nitrogens with one attached hydrogen (secondary N) is 3. The highest BCUT2D eigenvalue weighted by Crippen LogP contribution is 2.14. The molecule has 0 saturated carbocycles. The van der Waals surface area contributed by atoms with Gasteiger partial charge in [0.05, 0.1) is 0 Å². The number of anilines is 2. The summed E-state index contributed by atoms with van der Waals surface area (Å²) in [6, 6.07) is 5.81. The van der Waals surface area contributed by atoms with Crippen molar-refractivity contribution in [2.24, 2.45) is 0 Å². The van der Waals surface area contributed by atoms with E-state index in [1.165, 1.54) is 7.05 Å². The molecule has 2 amide bonds. The highest BCUT2D eigenvalue weighted by Gasteiger charge is 2.09. The summed E-state index contributed by atoms with van der Waals surface area (Å²) >= 11 is 0. The number of carbonyl (C=O) groups is 2. The number of amides is 2. The molecule has 4 N–H and O–H groups in total. The predicted molar refractivity (Wildman–Crippen MR) is 65.2 cm³/mol. The molecule has 0 saturated heterocycles. The van der Waals surface area contributed by atoms with Crippen LogP contribution in [0.1, 0.15) is 6.92 Å². The van der Waals surface area contributed by atoms with Gasteiger partial charge in [0.2, 0.25) is 0 Å². The molecule has 0 aliphatic carbocycles. The van der Waals surface area contributed by atoms with E-state index >= 15 is 0 Å². The molecule has 1 aromatic carbocycles. The van der Waals surface area contributed by atoms with Crippen LogP contribution in [0.3, 0.4) is 0 Å². The molecule has 0 aliphatic heterocycles. The first kappa shape index (κ1) is 12.8. The molecule has 0 spiro atoms. The van der Waals surface area contributed by atoms with Gasteiger partial charge in [0.25, 0.3) is 0 Å². The highest BCUT2D eigenvalue weighted by molar-refractivity contribution is 5.89. The van der Waals surface area contributed by atoms with Crippen LogP contribution in [-0.4, -0.2) is 30.2 Å². The Bertz CT molecular complexity index is 403. The summed E-state index contributed by atoms with van der Waals surface area (Å²) in [5.74, 6) is -0.919. The van der Waals surface area contributed by atoms with Crippen molar-refractivity contribution >= 4 is 23.4 Å². The van der Waals surface area contributed by atoms with Crippen LogP contribution < -0.4 is 16.0 Å². The Balaban J connectivity index is 2.62. The number of carboxylic acid groups (broad SMARTS) is 1. The number of benzene rings is 1. The maximum absolute atomic E-state index is 11.0. The molecule has 0 radical (unpaired) electrons. The van der Waals surface area contributed by atoms with Gasteiger partial charge in [0.15, 0.2) is 0 Å². The summed E-state index contributed by atoms with van der Waals surface area (Å²) in [4.78, 5) is 21.6. The molecule has 1 aromatic rings. The van der Waals surface area contributed by atoms with E-state index in [4.69, 9.17) is 5.11 Å². The van der Waals surface area contributed by atoms with Crippen LogP contribution in [0.2, 0.25) is 0 Å². The Labute approximate surface area is 99.0 Å². The lowest BCUT2D eigenvalue weighted by molar-refractivity contribution is -0.137. The van der Waals surface area contributed by atoms with Crippen LogP contribution in [0.5, 0.6) is 0 Å². The summed E-state index contributed by atoms with van der Waals surface area (Å²) in [6.45, 7) is 1.55. The quantitative estimate of drug-likeness (QED) is 0.635. The molecule has 17 heavy (non-hydrogen) atoms. The highest BCUT2D eigenvalue weighted by atomic mass is 16.4. The molecular formula is C11H15N3O3. The minimum absolute atomic E-state index is 0.301. The largest absolute Gasteiger partial charge is 0.480 e. The first-order valence-corrected chi connectivity index (χ1v) is 5.11. The number of aliphatic carboxylic acids is 1. The Hall–Kier alpha value is -2.24. The molecule has 0 bridgehead atoms. The third-order valence-corrected chi connectivity index (χ3v) is 2.12. The zero-order chi connectivity index (χ0) is 12.8. The Morgan fingerprint density at radius 2 is 1.71 bits per heavy atom. The SMILES string of the molecule is CNC(=O)Nc1ccc(NC(C)C(=O)O)cc1. The third-order valence-electron chi connectivity index (χ3n) is 2.12. The number of carboxylic acids is 1. The number of hydrogen-bond acceptors (Lipinski definition) is 3. The second-order valence-electron chi connectivity index (χ2n) is 3.49. The van der Waals surface area contributed by atoms with E-state index in [0.29, 0.717) is 11.4 Å². The van der Waals surface area contributed by atoms with E-state index in [-0.39, 0.29) is 6.03 Å². The number of carbonyl (C=O) groups excluding carboxylic acids is 1. The van der Waals surface area contributed by atoms with Gasteiger partial charge in [0.1, 0.15) is 6.04 Å². The normalized spacial score (nSPS) is 11.4. The average Bonchev–Trinajstić information content (AvgIpc) is 2.31. The summed E-state index contributed by atoms with van der Waals surface area (Å²) in [5.41, 5.74) is 1.32. The topological polar surface area (TPSA) is 90.5 Å². The smallest absolute Gasteiger partial charge is 0.325 e. The van der Waals surface area contributed by atoms with E-state index < -0.39 is 12.0 Å². The van der Waals surface area contributed by atoms with Gasteiger partial charge < -0.3 is 21.1 Å². The van der Waals surface area contributed by atoms with E-state index in [0.717, 1.165) is 0 Å². The molecule has 0 aromatic heterocycles. The van der Waals surface area contributed by atoms with Gasteiger partial charge in [-0.2, -0.15) is 0 Å². The monoisotopic (exact) mass is 237 g/mol. The average molecular weight is 237 g/mol. The molecule has 1 unspecified atom stereocenters. The van der Waals surface area contributed by atoms with Gasteiger partial charge in [-0.3, -0.25) is 4.79 Å².